The molecule has 0 fully saturated rings. The third-order valence-electron chi connectivity index (χ3n) is 10.7. The molecule has 0 aliphatic heterocycles. The SMILES string of the molecule is c1cnc2c(c#1)ccc1ccc(-c3cccc(-c4ccccc4-c4ccccc4-c4cccc(C5C=Cc6ccc7cccnc7c6CC5)c4)c3)nc12. The number of benzene rings is 6. The molecule has 3 heteroatoms. The Morgan fingerprint density at radius 2 is 1.26 bits per heavy atom. The number of nitrogens with zero attached hydrogens (tertiary/aromatic N) is 3. The maximum Gasteiger partial charge on any atom is 0.106 e. The minimum Gasteiger partial charge on any atom is -0.256 e. The lowest BCUT2D eigenvalue weighted by atomic mass is 9.87. The van der Waals surface area contributed by atoms with Gasteiger partial charge in [0.15, 0.2) is 0 Å². The van der Waals surface area contributed by atoms with E-state index in [-0.39, 0.29) is 0 Å². The average molecular weight is 676 g/mol. The van der Waals surface area contributed by atoms with Crippen molar-refractivity contribution < 1.29 is 0 Å². The fourth-order valence-electron chi connectivity index (χ4n) is 8.03. The Labute approximate surface area is 309 Å². The van der Waals surface area contributed by atoms with Crippen LogP contribution in [0.3, 0.4) is 0 Å². The quantitative estimate of drug-likeness (QED) is 0.182. The first-order valence-electron chi connectivity index (χ1n) is 18.2. The van der Waals surface area contributed by atoms with Crippen molar-refractivity contribution in [3.63, 3.8) is 0 Å². The van der Waals surface area contributed by atoms with Gasteiger partial charge in [0, 0.05) is 28.5 Å². The number of fused-ring (bicyclic) bond motifs is 6. The Bertz CT molecular complexity index is 2870. The highest BCUT2D eigenvalue weighted by molar-refractivity contribution is 6.03. The molecule has 53 heavy (non-hydrogen) atoms. The first-order chi connectivity index (χ1) is 26.3. The highest BCUT2D eigenvalue weighted by atomic mass is 14.7. The molecule has 6 aromatic carbocycles. The van der Waals surface area contributed by atoms with Gasteiger partial charge >= 0.3 is 0 Å². The van der Waals surface area contributed by atoms with Crippen molar-refractivity contribution >= 4 is 38.8 Å². The fourth-order valence-corrected chi connectivity index (χ4v) is 8.03. The van der Waals surface area contributed by atoms with E-state index in [1.807, 2.05) is 18.3 Å². The van der Waals surface area contributed by atoms with Gasteiger partial charge in [0.2, 0.25) is 0 Å². The molecule has 3 aromatic heterocycles. The Morgan fingerprint density at radius 3 is 2.11 bits per heavy atom. The van der Waals surface area contributed by atoms with Crippen LogP contribution in [0.15, 0.2) is 164 Å². The van der Waals surface area contributed by atoms with Gasteiger partial charge in [-0.1, -0.05) is 140 Å². The molecule has 0 amide bonds. The monoisotopic (exact) mass is 675 g/mol. The number of pyridine rings is 2. The molecule has 3 heterocycles. The summed E-state index contributed by atoms with van der Waals surface area (Å²) < 4.78 is 0. The number of hydrogen-bond acceptors (Lipinski definition) is 3. The van der Waals surface area contributed by atoms with E-state index in [1.54, 1.807) is 6.20 Å². The summed E-state index contributed by atoms with van der Waals surface area (Å²) in [6.07, 6.45) is 10.3. The largest absolute Gasteiger partial charge is 0.256 e. The minimum atomic E-state index is 0.317. The minimum absolute atomic E-state index is 0.317. The van der Waals surface area contributed by atoms with Gasteiger partial charge in [-0.05, 0) is 93.2 Å². The Morgan fingerprint density at radius 1 is 0.547 bits per heavy atom. The maximum absolute atomic E-state index is 5.12. The molecule has 3 nitrogen and oxygen atoms in total. The highest BCUT2D eigenvalue weighted by Gasteiger charge is 2.18. The number of aromatic nitrogens is 3. The first kappa shape index (κ1) is 30.9. The van der Waals surface area contributed by atoms with Crippen molar-refractivity contribution in [1.82, 2.24) is 15.0 Å². The first-order valence-corrected chi connectivity index (χ1v) is 18.2. The molecule has 0 bridgehead atoms. The lowest BCUT2D eigenvalue weighted by Gasteiger charge is -2.17. The van der Waals surface area contributed by atoms with E-state index in [0.29, 0.717) is 5.92 Å². The van der Waals surface area contributed by atoms with E-state index in [2.05, 4.69) is 163 Å². The normalized spacial score (nSPS) is 13.8. The zero-order chi connectivity index (χ0) is 35.1. The van der Waals surface area contributed by atoms with E-state index in [9.17, 15) is 0 Å². The number of hydrogen-bond donors (Lipinski definition) is 0. The van der Waals surface area contributed by atoms with Crippen molar-refractivity contribution in [2.45, 2.75) is 18.8 Å². The maximum atomic E-state index is 5.12. The van der Waals surface area contributed by atoms with Gasteiger partial charge in [-0.15, -0.1) is 0 Å². The molecule has 248 valence electrons. The third-order valence-corrected chi connectivity index (χ3v) is 10.7. The second-order valence-electron chi connectivity index (χ2n) is 13.8. The smallest absolute Gasteiger partial charge is 0.106 e. The molecule has 1 aliphatic carbocycles. The Balaban J connectivity index is 1.00. The summed E-state index contributed by atoms with van der Waals surface area (Å²) in [5.41, 5.74) is 16.0. The predicted octanol–water partition coefficient (Wildman–Crippen LogP) is 12.3. The molecular formula is C50H33N3. The fraction of sp³-hybridized carbons (Fsp3) is 0.0600. The van der Waals surface area contributed by atoms with Crippen LogP contribution in [0.4, 0.5) is 0 Å². The Hall–Kier alpha value is -6.89. The van der Waals surface area contributed by atoms with Crippen LogP contribution in [0.25, 0.3) is 83.4 Å². The van der Waals surface area contributed by atoms with E-state index in [4.69, 9.17) is 9.97 Å². The van der Waals surface area contributed by atoms with Crippen LogP contribution >= 0.6 is 0 Å². The van der Waals surface area contributed by atoms with E-state index in [1.165, 1.54) is 49.9 Å². The molecule has 0 spiro atoms. The number of rotatable bonds is 5. The zero-order valence-electron chi connectivity index (χ0n) is 29.0. The second-order valence-corrected chi connectivity index (χ2v) is 13.8. The summed E-state index contributed by atoms with van der Waals surface area (Å²) >= 11 is 0. The second kappa shape index (κ2) is 13.0. The van der Waals surface area contributed by atoms with Crippen molar-refractivity contribution in [2.24, 2.45) is 0 Å². The summed E-state index contributed by atoms with van der Waals surface area (Å²) in [4.78, 5) is 14.5. The standard InChI is InChI=1S/C50H33N3/c1-3-17-45(42(15-1)39-10-5-9-38(31-39)33-19-20-34-21-22-35-13-7-29-51-48(35)44(34)27-25-33)46-18-4-2-16-43(46)40-11-6-12-41(32-40)47-28-26-37-24-23-36-14-8-30-52-49(36)50(37)53-47/h1-7,9-13,15-24,26,28-33H,25,27H2. The van der Waals surface area contributed by atoms with Crippen LogP contribution in [0.5, 0.6) is 0 Å². The lowest BCUT2D eigenvalue weighted by molar-refractivity contribution is 0.746. The van der Waals surface area contributed by atoms with Gasteiger partial charge in [-0.25, -0.2) is 9.97 Å². The third kappa shape index (κ3) is 5.62. The van der Waals surface area contributed by atoms with Gasteiger partial charge < -0.3 is 0 Å². The summed E-state index contributed by atoms with van der Waals surface area (Å²) in [7, 11) is 0. The van der Waals surface area contributed by atoms with Crippen LogP contribution in [0.2, 0.25) is 0 Å². The number of aryl methyl sites for hydroxylation is 1. The lowest BCUT2D eigenvalue weighted by Crippen LogP contribution is -1.98. The van der Waals surface area contributed by atoms with Gasteiger partial charge in [-0.2, -0.15) is 0 Å². The zero-order valence-corrected chi connectivity index (χ0v) is 29.0. The van der Waals surface area contributed by atoms with Crippen LogP contribution < -0.4 is 0 Å². The molecule has 0 saturated heterocycles. The van der Waals surface area contributed by atoms with Crippen LogP contribution in [0.1, 0.15) is 29.0 Å². The van der Waals surface area contributed by atoms with Crippen molar-refractivity contribution in [3.8, 4) is 44.6 Å². The van der Waals surface area contributed by atoms with Crippen LogP contribution in [-0.4, -0.2) is 15.0 Å². The van der Waals surface area contributed by atoms with E-state index in [0.717, 1.165) is 57.0 Å². The van der Waals surface area contributed by atoms with Gasteiger partial charge in [0.1, 0.15) is 5.52 Å². The molecule has 0 N–H and O–H groups in total. The van der Waals surface area contributed by atoms with Crippen LogP contribution in [0, 0.1) is 12.1 Å². The highest BCUT2D eigenvalue weighted by Crippen LogP contribution is 2.40. The van der Waals surface area contributed by atoms with Crippen LogP contribution in [-0.2, 0) is 6.42 Å². The summed E-state index contributed by atoms with van der Waals surface area (Å²) in [6.45, 7) is 0. The van der Waals surface area contributed by atoms with Crippen molar-refractivity contribution in [3.05, 3.63) is 193 Å². The molecular weight excluding hydrogens is 643 g/mol. The van der Waals surface area contributed by atoms with Gasteiger partial charge in [-0.3, -0.25) is 4.98 Å². The average Bonchev–Trinajstić information content (AvgIpc) is 3.47. The summed E-state index contributed by atoms with van der Waals surface area (Å²) in [5, 5.41) is 3.18. The molecule has 1 aliphatic rings. The Kier molecular flexibility index (Phi) is 7.59. The number of allylic oxidation sites excluding steroid dienone is 1. The predicted molar refractivity (Wildman–Crippen MR) is 218 cm³/mol. The molecule has 0 radical (unpaired) electrons. The molecule has 1 atom stereocenters. The molecule has 0 saturated carbocycles. The summed E-state index contributed by atoms with van der Waals surface area (Å²) in [6, 6.07) is 58.5. The van der Waals surface area contributed by atoms with Gasteiger partial charge in [0.05, 0.1) is 28.3 Å². The summed E-state index contributed by atoms with van der Waals surface area (Å²) in [5.74, 6) is 0.317. The molecule has 9 aromatic rings. The van der Waals surface area contributed by atoms with Crippen molar-refractivity contribution in [1.29, 1.82) is 0 Å². The van der Waals surface area contributed by atoms with E-state index >= 15 is 0 Å². The molecule has 1 unspecified atom stereocenters. The molecule has 10 rings (SSSR count). The van der Waals surface area contributed by atoms with Gasteiger partial charge in [0.25, 0.3) is 0 Å². The van der Waals surface area contributed by atoms with Crippen molar-refractivity contribution in [2.75, 3.05) is 0 Å². The van der Waals surface area contributed by atoms with E-state index < -0.39 is 0 Å². The topological polar surface area (TPSA) is 38.7 Å².